The third-order valence-electron chi connectivity index (χ3n) is 4.15. The van der Waals surface area contributed by atoms with Gasteiger partial charge in [-0.3, -0.25) is 4.79 Å². The number of hydrogen-bond donors (Lipinski definition) is 1. The largest absolute Gasteiger partial charge is 0.378 e. The third kappa shape index (κ3) is 3.28. The van der Waals surface area contributed by atoms with Crippen molar-refractivity contribution in [2.75, 3.05) is 0 Å². The van der Waals surface area contributed by atoms with Gasteiger partial charge in [0.2, 0.25) is 0 Å². The first-order valence-electron chi connectivity index (χ1n) is 7.47. The highest BCUT2D eigenvalue weighted by molar-refractivity contribution is 7.87. The van der Waals surface area contributed by atoms with Crippen LogP contribution in [0.5, 0.6) is 5.75 Å². The Kier molecular flexibility index (Phi) is 4.71. The van der Waals surface area contributed by atoms with Crippen molar-refractivity contribution >= 4 is 16.0 Å². The van der Waals surface area contributed by atoms with Gasteiger partial charge in [-0.15, -0.1) is 0 Å². The molecule has 128 valence electrons. The molecule has 0 saturated heterocycles. The highest BCUT2D eigenvalue weighted by Gasteiger charge is 2.26. The van der Waals surface area contributed by atoms with Crippen molar-refractivity contribution in [1.82, 2.24) is 0 Å². The summed E-state index contributed by atoms with van der Waals surface area (Å²) in [5, 5.41) is 0. The van der Waals surface area contributed by atoms with Crippen LogP contribution in [0.25, 0.3) is 0 Å². The first-order chi connectivity index (χ1) is 11.0. The Bertz CT molecular complexity index is 904. The van der Waals surface area contributed by atoms with Crippen molar-refractivity contribution in [2.45, 2.75) is 39.5 Å². The molecule has 0 bridgehead atoms. The Labute approximate surface area is 142 Å². The number of benzene rings is 2. The number of nitrogens with two attached hydrogens (primary N) is 1. The van der Waals surface area contributed by atoms with Gasteiger partial charge >= 0.3 is 10.1 Å². The SMILES string of the molecule is Cc1ccc(C(N)=O)c(OS(=O)(=O)c2c(C)c(C)cc(C)c2C)c1. The summed E-state index contributed by atoms with van der Waals surface area (Å²) in [4.78, 5) is 11.7. The molecular formula is C18H21NO4S. The molecule has 2 rings (SSSR count). The quantitative estimate of drug-likeness (QED) is 0.861. The number of hydrogen-bond acceptors (Lipinski definition) is 4. The van der Waals surface area contributed by atoms with Crippen molar-refractivity contribution in [1.29, 1.82) is 0 Å². The summed E-state index contributed by atoms with van der Waals surface area (Å²) < 4.78 is 31.0. The van der Waals surface area contributed by atoms with Crippen LogP contribution >= 0.6 is 0 Å². The first kappa shape index (κ1) is 18.0. The summed E-state index contributed by atoms with van der Waals surface area (Å²) in [7, 11) is -4.10. The minimum absolute atomic E-state index is 0.0313. The Morgan fingerprint density at radius 2 is 1.50 bits per heavy atom. The zero-order chi connectivity index (χ0) is 18.2. The molecule has 1 amide bonds. The van der Waals surface area contributed by atoms with Gasteiger partial charge in [-0.2, -0.15) is 8.42 Å². The maximum atomic E-state index is 12.9. The lowest BCUT2D eigenvalue weighted by atomic mass is 10.0. The van der Waals surface area contributed by atoms with E-state index in [1.165, 1.54) is 12.1 Å². The van der Waals surface area contributed by atoms with Gasteiger partial charge in [-0.25, -0.2) is 0 Å². The molecule has 5 nitrogen and oxygen atoms in total. The zero-order valence-electron chi connectivity index (χ0n) is 14.4. The first-order valence-corrected chi connectivity index (χ1v) is 8.87. The van der Waals surface area contributed by atoms with Crippen LogP contribution in [-0.2, 0) is 10.1 Å². The van der Waals surface area contributed by atoms with Gasteiger partial charge in [-0.05, 0) is 74.6 Å². The molecule has 0 radical (unpaired) electrons. The second kappa shape index (κ2) is 6.28. The predicted molar refractivity (Wildman–Crippen MR) is 92.9 cm³/mol. The van der Waals surface area contributed by atoms with E-state index in [9.17, 15) is 13.2 Å². The van der Waals surface area contributed by atoms with E-state index in [1.807, 2.05) is 19.9 Å². The van der Waals surface area contributed by atoms with E-state index < -0.39 is 16.0 Å². The molecule has 24 heavy (non-hydrogen) atoms. The van der Waals surface area contributed by atoms with Gasteiger partial charge in [0.05, 0.1) is 5.56 Å². The minimum Gasteiger partial charge on any atom is -0.378 e. The van der Waals surface area contributed by atoms with Gasteiger partial charge < -0.3 is 9.92 Å². The molecule has 0 heterocycles. The molecule has 2 aromatic carbocycles. The number of aryl methyl sites for hydroxylation is 3. The average Bonchev–Trinajstić information content (AvgIpc) is 2.44. The Morgan fingerprint density at radius 1 is 0.958 bits per heavy atom. The monoisotopic (exact) mass is 347 g/mol. The summed E-state index contributed by atoms with van der Waals surface area (Å²) in [5.74, 6) is -0.797. The average molecular weight is 347 g/mol. The molecule has 0 spiro atoms. The van der Waals surface area contributed by atoms with Gasteiger partial charge in [0, 0.05) is 0 Å². The lowest BCUT2D eigenvalue weighted by Crippen LogP contribution is -2.18. The van der Waals surface area contributed by atoms with Crippen molar-refractivity contribution in [2.24, 2.45) is 5.73 Å². The molecule has 0 aromatic heterocycles. The Hall–Kier alpha value is -2.34. The molecule has 2 N–H and O–H groups in total. The summed E-state index contributed by atoms with van der Waals surface area (Å²) in [6, 6.07) is 6.56. The molecule has 0 atom stereocenters. The number of amides is 1. The smallest absolute Gasteiger partial charge is 0.339 e. The third-order valence-corrected chi connectivity index (χ3v) is 5.66. The minimum atomic E-state index is -4.10. The van der Waals surface area contributed by atoms with Crippen molar-refractivity contribution < 1.29 is 17.4 Å². The van der Waals surface area contributed by atoms with Crippen LogP contribution in [-0.4, -0.2) is 14.3 Å². The van der Waals surface area contributed by atoms with Crippen molar-refractivity contribution in [3.8, 4) is 5.75 Å². The van der Waals surface area contributed by atoms with Gasteiger partial charge in [-0.1, -0.05) is 12.1 Å². The lowest BCUT2D eigenvalue weighted by Gasteiger charge is -2.17. The molecule has 0 aliphatic heterocycles. The molecule has 0 aliphatic carbocycles. The molecule has 0 aliphatic rings. The number of primary amides is 1. The second-order valence-corrected chi connectivity index (χ2v) is 7.47. The number of carbonyl (C=O) groups excluding carboxylic acids is 1. The van der Waals surface area contributed by atoms with Crippen molar-refractivity contribution in [3.63, 3.8) is 0 Å². The normalized spacial score (nSPS) is 11.4. The van der Waals surface area contributed by atoms with Crippen LogP contribution in [0.4, 0.5) is 0 Å². The van der Waals surface area contributed by atoms with Gasteiger partial charge in [0.1, 0.15) is 4.90 Å². The highest BCUT2D eigenvalue weighted by Crippen LogP contribution is 2.30. The molecular weight excluding hydrogens is 326 g/mol. The van der Waals surface area contributed by atoms with Crippen LogP contribution in [0.3, 0.4) is 0 Å². The zero-order valence-corrected chi connectivity index (χ0v) is 15.2. The van der Waals surface area contributed by atoms with Crippen LogP contribution in [0, 0.1) is 34.6 Å². The lowest BCUT2D eigenvalue weighted by molar-refractivity contribution is 0.0999. The summed E-state index contributed by atoms with van der Waals surface area (Å²) in [5.41, 5.74) is 9.09. The maximum Gasteiger partial charge on any atom is 0.339 e. The fourth-order valence-electron chi connectivity index (χ4n) is 2.62. The van der Waals surface area contributed by atoms with E-state index in [0.29, 0.717) is 11.1 Å². The van der Waals surface area contributed by atoms with Crippen LogP contribution in [0.15, 0.2) is 29.2 Å². The fourth-order valence-corrected chi connectivity index (χ4v) is 4.15. The number of rotatable bonds is 4. The topological polar surface area (TPSA) is 86.5 Å². The fraction of sp³-hybridized carbons (Fsp3) is 0.278. The summed E-state index contributed by atoms with van der Waals surface area (Å²) in [6.45, 7) is 8.95. The van der Waals surface area contributed by atoms with E-state index in [-0.39, 0.29) is 16.2 Å². The van der Waals surface area contributed by atoms with Crippen molar-refractivity contribution in [3.05, 3.63) is 57.6 Å². The van der Waals surface area contributed by atoms with Crippen LogP contribution < -0.4 is 9.92 Å². The predicted octanol–water partition coefficient (Wildman–Crippen LogP) is 3.10. The number of carbonyl (C=O) groups is 1. The molecule has 0 saturated carbocycles. The molecule has 0 fully saturated rings. The highest BCUT2D eigenvalue weighted by atomic mass is 32.2. The van der Waals surface area contributed by atoms with E-state index in [0.717, 1.165) is 16.7 Å². The maximum absolute atomic E-state index is 12.9. The Morgan fingerprint density at radius 3 is 2.00 bits per heavy atom. The van der Waals surface area contributed by atoms with Crippen LogP contribution in [0.1, 0.15) is 38.2 Å². The summed E-state index contributed by atoms with van der Waals surface area (Å²) >= 11 is 0. The van der Waals surface area contributed by atoms with E-state index in [1.54, 1.807) is 26.8 Å². The van der Waals surface area contributed by atoms with E-state index in [4.69, 9.17) is 9.92 Å². The van der Waals surface area contributed by atoms with E-state index in [2.05, 4.69) is 0 Å². The van der Waals surface area contributed by atoms with Gasteiger partial charge in [0.15, 0.2) is 5.75 Å². The molecule has 6 heteroatoms. The summed E-state index contributed by atoms with van der Waals surface area (Å²) in [6.07, 6.45) is 0. The second-order valence-electron chi connectivity index (χ2n) is 5.99. The molecule has 2 aromatic rings. The van der Waals surface area contributed by atoms with Crippen LogP contribution in [0.2, 0.25) is 0 Å². The Balaban J connectivity index is 2.64. The molecule has 0 unspecified atom stereocenters. The standard InChI is InChI=1S/C18H21NO4S/c1-10-6-7-15(18(19)20)16(8-10)23-24(21,22)17-13(4)11(2)9-12(3)14(17)5/h6-9H,1-5H3,(H2,19,20). The van der Waals surface area contributed by atoms with Gasteiger partial charge in [0.25, 0.3) is 5.91 Å². The van der Waals surface area contributed by atoms with E-state index >= 15 is 0 Å².